The summed E-state index contributed by atoms with van der Waals surface area (Å²) < 4.78 is 43.6. The van der Waals surface area contributed by atoms with Gasteiger partial charge in [0.05, 0.1) is 34.8 Å². The summed E-state index contributed by atoms with van der Waals surface area (Å²) in [5.41, 5.74) is 0.355. The van der Waals surface area contributed by atoms with Gasteiger partial charge in [-0.3, -0.25) is 4.79 Å². The smallest absolute Gasteiger partial charge is 0.262 e. The van der Waals surface area contributed by atoms with Crippen LogP contribution in [-0.2, 0) is 14.8 Å². The molecule has 2 N–H and O–H groups in total. The van der Waals surface area contributed by atoms with Crippen molar-refractivity contribution in [3.63, 3.8) is 0 Å². The van der Waals surface area contributed by atoms with E-state index in [1.54, 1.807) is 0 Å². The number of amides is 1. The lowest BCUT2D eigenvalue weighted by atomic mass is 10.2. The SMILES string of the molecule is COc1cc(NC(=O)COc2ccc(S(=O)(=O)NC3CCCC3)cc2Cl)c(OC)cc1Cl. The van der Waals surface area contributed by atoms with Crippen LogP contribution in [0.3, 0.4) is 0 Å². The van der Waals surface area contributed by atoms with E-state index >= 15 is 0 Å². The van der Waals surface area contributed by atoms with Crippen molar-refractivity contribution < 1.29 is 27.4 Å². The summed E-state index contributed by atoms with van der Waals surface area (Å²) in [7, 11) is -0.777. The number of ether oxygens (including phenoxy) is 3. The third-order valence-corrected chi connectivity index (χ3v) is 7.11. The average Bonchev–Trinajstić information content (AvgIpc) is 3.26. The minimum absolute atomic E-state index is 0.0456. The van der Waals surface area contributed by atoms with Crippen molar-refractivity contribution in [3.8, 4) is 17.2 Å². The number of benzene rings is 2. The number of anilines is 1. The van der Waals surface area contributed by atoms with E-state index in [4.69, 9.17) is 37.4 Å². The first kappa shape index (κ1) is 24.4. The maximum atomic E-state index is 12.6. The predicted molar refractivity (Wildman–Crippen MR) is 123 cm³/mol. The van der Waals surface area contributed by atoms with Crippen LogP contribution in [0.15, 0.2) is 35.2 Å². The van der Waals surface area contributed by atoms with Gasteiger partial charge in [0.25, 0.3) is 5.91 Å². The molecule has 0 saturated heterocycles. The highest BCUT2D eigenvalue weighted by molar-refractivity contribution is 7.89. The molecule has 174 valence electrons. The van der Waals surface area contributed by atoms with E-state index in [-0.39, 0.29) is 28.3 Å². The quantitative estimate of drug-likeness (QED) is 0.531. The summed E-state index contributed by atoms with van der Waals surface area (Å²) in [6, 6.07) is 7.12. The average molecular weight is 503 g/mol. The Morgan fingerprint density at radius 3 is 2.28 bits per heavy atom. The molecule has 11 heteroatoms. The molecule has 0 heterocycles. The molecule has 0 aliphatic heterocycles. The molecule has 0 aromatic heterocycles. The van der Waals surface area contributed by atoms with E-state index in [2.05, 4.69) is 10.0 Å². The number of sulfonamides is 1. The minimum Gasteiger partial charge on any atom is -0.495 e. The molecule has 0 spiro atoms. The molecular weight excluding hydrogens is 479 g/mol. The van der Waals surface area contributed by atoms with Crippen LogP contribution in [0.1, 0.15) is 25.7 Å². The Morgan fingerprint density at radius 1 is 1.00 bits per heavy atom. The van der Waals surface area contributed by atoms with Crippen LogP contribution in [0.4, 0.5) is 5.69 Å². The minimum atomic E-state index is -3.68. The van der Waals surface area contributed by atoms with Crippen LogP contribution in [-0.4, -0.2) is 41.2 Å². The van der Waals surface area contributed by atoms with E-state index < -0.39 is 15.9 Å². The third-order valence-electron chi connectivity index (χ3n) is 5.00. The van der Waals surface area contributed by atoms with E-state index in [9.17, 15) is 13.2 Å². The number of carbonyl (C=O) groups is 1. The lowest BCUT2D eigenvalue weighted by Gasteiger charge is -2.15. The molecule has 1 saturated carbocycles. The molecule has 1 fully saturated rings. The zero-order chi connectivity index (χ0) is 23.3. The van der Waals surface area contributed by atoms with Crippen LogP contribution < -0.4 is 24.2 Å². The largest absolute Gasteiger partial charge is 0.495 e. The number of hydrogen-bond acceptors (Lipinski definition) is 6. The van der Waals surface area contributed by atoms with Gasteiger partial charge in [-0.1, -0.05) is 36.0 Å². The molecule has 0 atom stereocenters. The second-order valence-corrected chi connectivity index (χ2v) is 9.75. The Balaban J connectivity index is 1.64. The number of methoxy groups -OCH3 is 2. The van der Waals surface area contributed by atoms with Gasteiger partial charge in [0, 0.05) is 18.2 Å². The lowest BCUT2D eigenvalue weighted by Crippen LogP contribution is -2.32. The molecule has 0 bridgehead atoms. The van der Waals surface area contributed by atoms with Crippen LogP contribution in [0.2, 0.25) is 10.0 Å². The summed E-state index contributed by atoms with van der Waals surface area (Å²) in [6.45, 7) is -0.361. The molecule has 1 aliphatic carbocycles. The van der Waals surface area contributed by atoms with Gasteiger partial charge in [0.2, 0.25) is 10.0 Å². The predicted octanol–water partition coefficient (Wildman–Crippen LogP) is 4.25. The number of nitrogens with one attached hydrogen (secondary N) is 2. The fourth-order valence-electron chi connectivity index (χ4n) is 3.38. The van der Waals surface area contributed by atoms with Crippen LogP contribution in [0.25, 0.3) is 0 Å². The molecular formula is C21H24Cl2N2O6S. The van der Waals surface area contributed by atoms with Crippen molar-refractivity contribution in [2.75, 3.05) is 26.1 Å². The van der Waals surface area contributed by atoms with Gasteiger partial charge in [0.1, 0.15) is 17.2 Å². The normalized spacial score (nSPS) is 14.2. The Labute approximate surface area is 197 Å². The van der Waals surface area contributed by atoms with Crippen molar-refractivity contribution in [2.24, 2.45) is 0 Å². The zero-order valence-corrected chi connectivity index (χ0v) is 19.9. The Hall–Kier alpha value is -2.20. The number of rotatable bonds is 9. The molecule has 2 aromatic carbocycles. The summed E-state index contributed by atoms with van der Waals surface area (Å²) in [5, 5.41) is 3.07. The molecule has 3 rings (SSSR count). The van der Waals surface area contributed by atoms with E-state index in [0.717, 1.165) is 25.7 Å². The second-order valence-electron chi connectivity index (χ2n) is 7.22. The monoisotopic (exact) mass is 502 g/mol. The van der Waals surface area contributed by atoms with Crippen molar-refractivity contribution >= 4 is 44.8 Å². The second kappa shape index (κ2) is 10.6. The first-order chi connectivity index (χ1) is 15.2. The van der Waals surface area contributed by atoms with E-state index in [1.807, 2.05) is 0 Å². The molecule has 0 radical (unpaired) electrons. The maximum Gasteiger partial charge on any atom is 0.262 e. The first-order valence-electron chi connectivity index (χ1n) is 9.89. The molecule has 8 nitrogen and oxygen atoms in total. The molecule has 1 aliphatic rings. The third kappa shape index (κ3) is 5.98. The molecule has 1 amide bonds. The number of halogens is 2. The Morgan fingerprint density at radius 2 is 1.66 bits per heavy atom. The lowest BCUT2D eigenvalue weighted by molar-refractivity contribution is -0.118. The highest BCUT2D eigenvalue weighted by atomic mass is 35.5. The fourth-order valence-corrected chi connectivity index (χ4v) is 5.25. The van der Waals surface area contributed by atoms with E-state index in [1.165, 1.54) is 44.6 Å². The Bertz CT molecular complexity index is 1090. The van der Waals surface area contributed by atoms with Gasteiger partial charge in [-0.2, -0.15) is 0 Å². The topological polar surface area (TPSA) is 103 Å². The fraction of sp³-hybridized carbons (Fsp3) is 0.381. The van der Waals surface area contributed by atoms with Gasteiger partial charge in [-0.25, -0.2) is 13.1 Å². The van der Waals surface area contributed by atoms with Crippen molar-refractivity contribution in [2.45, 2.75) is 36.6 Å². The van der Waals surface area contributed by atoms with Crippen LogP contribution in [0, 0.1) is 0 Å². The van der Waals surface area contributed by atoms with Gasteiger partial charge >= 0.3 is 0 Å². The molecule has 32 heavy (non-hydrogen) atoms. The number of carbonyl (C=O) groups excluding carboxylic acids is 1. The standard InChI is InChI=1S/C21H24Cl2N2O6S/c1-29-19-11-17(20(30-2)10-16(19)23)24-21(26)12-31-18-8-7-14(9-15(18)22)32(27,28)25-13-5-3-4-6-13/h7-11,13,25H,3-6,12H2,1-2H3,(H,24,26). The first-order valence-corrected chi connectivity index (χ1v) is 12.1. The highest BCUT2D eigenvalue weighted by Crippen LogP contribution is 2.36. The van der Waals surface area contributed by atoms with Gasteiger partial charge in [-0.15, -0.1) is 0 Å². The summed E-state index contributed by atoms with van der Waals surface area (Å²) >= 11 is 12.3. The molecule has 0 unspecified atom stereocenters. The van der Waals surface area contributed by atoms with Gasteiger partial charge in [-0.05, 0) is 31.0 Å². The van der Waals surface area contributed by atoms with Crippen molar-refractivity contribution in [1.82, 2.24) is 4.72 Å². The van der Waals surface area contributed by atoms with Crippen molar-refractivity contribution in [1.29, 1.82) is 0 Å². The van der Waals surface area contributed by atoms with Crippen LogP contribution >= 0.6 is 23.2 Å². The van der Waals surface area contributed by atoms with Gasteiger partial charge in [0.15, 0.2) is 6.61 Å². The van der Waals surface area contributed by atoms with Crippen LogP contribution in [0.5, 0.6) is 17.2 Å². The van der Waals surface area contributed by atoms with E-state index in [0.29, 0.717) is 22.2 Å². The van der Waals surface area contributed by atoms with Gasteiger partial charge < -0.3 is 19.5 Å². The summed E-state index contributed by atoms with van der Waals surface area (Å²) in [6.07, 6.45) is 3.68. The highest BCUT2D eigenvalue weighted by Gasteiger charge is 2.23. The molecule has 2 aromatic rings. The summed E-state index contributed by atoms with van der Waals surface area (Å²) in [4.78, 5) is 12.4. The zero-order valence-electron chi connectivity index (χ0n) is 17.6. The Kier molecular flexibility index (Phi) is 8.10. The summed E-state index contributed by atoms with van der Waals surface area (Å²) in [5.74, 6) is 0.423. The number of hydrogen-bond donors (Lipinski definition) is 2. The van der Waals surface area contributed by atoms with Crippen molar-refractivity contribution in [3.05, 3.63) is 40.4 Å². The maximum absolute atomic E-state index is 12.6.